The number of aryl methyl sites for hydroxylation is 2. The molecule has 0 saturated carbocycles. The van der Waals surface area contributed by atoms with Crippen LogP contribution in [0.4, 0.5) is 0 Å². The molecular weight excluding hydrogens is 224 g/mol. The molecule has 2 N–H and O–H groups in total. The van der Waals surface area contributed by atoms with Gasteiger partial charge in [-0.15, -0.1) is 0 Å². The van der Waals surface area contributed by atoms with Crippen molar-refractivity contribution >= 4 is 22.9 Å². The molecule has 18 heavy (non-hydrogen) atoms. The van der Waals surface area contributed by atoms with Crippen molar-refractivity contribution in [2.75, 3.05) is 0 Å². The largest absolute Gasteiger partial charge is 0.366 e. The zero-order valence-electron chi connectivity index (χ0n) is 11.0. The highest BCUT2D eigenvalue weighted by molar-refractivity contribution is 5.97. The average Bonchev–Trinajstić information content (AvgIpc) is 2.59. The van der Waals surface area contributed by atoms with Crippen LogP contribution in [0.2, 0.25) is 0 Å². The van der Waals surface area contributed by atoms with E-state index in [0.29, 0.717) is 0 Å². The van der Waals surface area contributed by atoms with Gasteiger partial charge in [-0.2, -0.15) is 0 Å². The maximum atomic E-state index is 10.9. The Morgan fingerprint density at radius 1 is 1.44 bits per heavy atom. The van der Waals surface area contributed by atoms with Crippen LogP contribution >= 0.6 is 0 Å². The first-order chi connectivity index (χ1) is 8.54. The molecule has 0 aliphatic heterocycles. The highest BCUT2D eigenvalue weighted by atomic mass is 16.1. The molecule has 1 aromatic heterocycles. The van der Waals surface area contributed by atoms with Gasteiger partial charge in [-0.3, -0.25) is 4.79 Å². The Kier molecular flexibility index (Phi) is 3.24. The number of primary amides is 1. The van der Waals surface area contributed by atoms with Gasteiger partial charge in [0.05, 0.1) is 0 Å². The van der Waals surface area contributed by atoms with Gasteiger partial charge in [0.25, 0.3) is 0 Å². The highest BCUT2D eigenvalue weighted by Gasteiger charge is 2.10. The third-order valence-corrected chi connectivity index (χ3v) is 3.43. The molecule has 0 atom stereocenters. The van der Waals surface area contributed by atoms with Crippen molar-refractivity contribution < 1.29 is 4.79 Å². The summed E-state index contributed by atoms with van der Waals surface area (Å²) < 4.78 is 2.13. The Labute approximate surface area is 107 Å². The van der Waals surface area contributed by atoms with Gasteiger partial charge in [0, 0.05) is 35.3 Å². The molecule has 0 aliphatic rings. The van der Waals surface area contributed by atoms with Crippen molar-refractivity contribution in [3.63, 3.8) is 0 Å². The number of carbonyl (C=O) groups excluding carboxylic acids is 1. The lowest BCUT2D eigenvalue weighted by Crippen LogP contribution is -2.05. The van der Waals surface area contributed by atoms with E-state index >= 15 is 0 Å². The number of aromatic nitrogens is 1. The Morgan fingerprint density at radius 2 is 2.17 bits per heavy atom. The van der Waals surface area contributed by atoms with E-state index in [1.54, 1.807) is 6.08 Å². The number of benzene rings is 1. The number of nitrogens with two attached hydrogens (primary N) is 1. The van der Waals surface area contributed by atoms with Gasteiger partial charge in [0.1, 0.15) is 0 Å². The zero-order chi connectivity index (χ0) is 13.3. The van der Waals surface area contributed by atoms with Gasteiger partial charge < -0.3 is 10.3 Å². The van der Waals surface area contributed by atoms with Crippen LogP contribution in [0.3, 0.4) is 0 Å². The zero-order valence-corrected chi connectivity index (χ0v) is 11.0. The summed E-state index contributed by atoms with van der Waals surface area (Å²) in [7, 11) is 2.03. The van der Waals surface area contributed by atoms with Gasteiger partial charge in [-0.1, -0.05) is 13.0 Å². The van der Waals surface area contributed by atoms with Crippen molar-refractivity contribution in [3.8, 4) is 0 Å². The first kappa shape index (κ1) is 12.4. The first-order valence-corrected chi connectivity index (χ1v) is 6.10. The quantitative estimate of drug-likeness (QED) is 0.826. The van der Waals surface area contributed by atoms with E-state index in [1.807, 2.05) is 14.0 Å². The number of amides is 1. The highest BCUT2D eigenvalue weighted by Crippen LogP contribution is 2.27. The van der Waals surface area contributed by atoms with Crippen LogP contribution in [0.15, 0.2) is 24.3 Å². The van der Waals surface area contributed by atoms with Gasteiger partial charge in [-0.05, 0) is 37.1 Å². The second-order valence-corrected chi connectivity index (χ2v) is 4.50. The normalized spacial score (nSPS) is 11.5. The van der Waals surface area contributed by atoms with Crippen LogP contribution in [0.25, 0.3) is 17.0 Å². The Morgan fingerprint density at radius 3 is 2.78 bits per heavy atom. The molecule has 0 radical (unpaired) electrons. The van der Waals surface area contributed by atoms with Crippen LogP contribution < -0.4 is 5.73 Å². The molecule has 0 spiro atoms. The molecule has 1 amide bonds. The van der Waals surface area contributed by atoms with Crippen LogP contribution in [0.1, 0.15) is 23.7 Å². The van der Waals surface area contributed by atoms with E-state index < -0.39 is 5.91 Å². The number of rotatable bonds is 3. The SMILES string of the molecule is CCc1ccc2c(c1)c(/C=C/C(N)=O)c(C)n2C. The second-order valence-electron chi connectivity index (χ2n) is 4.50. The number of carbonyl (C=O) groups is 1. The van der Waals surface area contributed by atoms with Gasteiger partial charge >= 0.3 is 0 Å². The molecule has 1 heterocycles. The molecule has 0 aliphatic carbocycles. The summed E-state index contributed by atoms with van der Waals surface area (Å²) in [6.45, 7) is 4.18. The number of hydrogen-bond acceptors (Lipinski definition) is 1. The van der Waals surface area contributed by atoms with E-state index in [2.05, 4.69) is 29.7 Å². The standard InChI is InChI=1S/C15H18N2O/c1-4-11-5-7-14-13(9-11)12(6-8-15(16)18)10(2)17(14)3/h5-9H,4H2,1-3H3,(H2,16,18)/b8-6+. The number of fused-ring (bicyclic) bond motifs is 1. The van der Waals surface area contributed by atoms with E-state index in [9.17, 15) is 4.79 Å². The molecule has 94 valence electrons. The summed E-state index contributed by atoms with van der Waals surface area (Å²) in [6.07, 6.45) is 4.22. The molecule has 3 heteroatoms. The third kappa shape index (κ3) is 2.04. The van der Waals surface area contributed by atoms with E-state index in [1.165, 1.54) is 22.5 Å². The topological polar surface area (TPSA) is 48.0 Å². The summed E-state index contributed by atoms with van der Waals surface area (Å²) in [4.78, 5) is 10.9. The average molecular weight is 242 g/mol. The van der Waals surface area contributed by atoms with E-state index in [0.717, 1.165) is 17.7 Å². The molecular formula is C15H18N2O. The predicted octanol–water partition coefficient (Wildman–Crippen LogP) is 2.55. The lowest BCUT2D eigenvalue weighted by atomic mass is 10.1. The fraction of sp³-hybridized carbons (Fsp3) is 0.267. The van der Waals surface area contributed by atoms with Gasteiger partial charge in [0.15, 0.2) is 0 Å². The fourth-order valence-electron chi connectivity index (χ4n) is 2.24. The predicted molar refractivity (Wildman–Crippen MR) is 75.3 cm³/mol. The minimum absolute atomic E-state index is 0.418. The van der Waals surface area contributed by atoms with Crippen molar-refractivity contribution in [1.82, 2.24) is 4.57 Å². The van der Waals surface area contributed by atoms with E-state index in [4.69, 9.17) is 5.73 Å². The summed E-state index contributed by atoms with van der Waals surface area (Å²) >= 11 is 0. The molecule has 2 rings (SSSR count). The van der Waals surface area contributed by atoms with Crippen LogP contribution in [-0.2, 0) is 18.3 Å². The minimum Gasteiger partial charge on any atom is -0.366 e. The fourth-order valence-corrected chi connectivity index (χ4v) is 2.24. The van der Waals surface area contributed by atoms with Gasteiger partial charge in [-0.25, -0.2) is 0 Å². The molecule has 0 bridgehead atoms. The van der Waals surface area contributed by atoms with Crippen molar-refractivity contribution in [2.45, 2.75) is 20.3 Å². The summed E-state index contributed by atoms with van der Waals surface area (Å²) in [6, 6.07) is 6.45. The van der Waals surface area contributed by atoms with E-state index in [-0.39, 0.29) is 0 Å². The Balaban J connectivity index is 2.70. The van der Waals surface area contributed by atoms with Crippen molar-refractivity contribution in [3.05, 3.63) is 41.1 Å². The molecule has 0 unspecified atom stereocenters. The van der Waals surface area contributed by atoms with Crippen LogP contribution in [-0.4, -0.2) is 10.5 Å². The molecule has 0 fully saturated rings. The van der Waals surface area contributed by atoms with Crippen LogP contribution in [0.5, 0.6) is 0 Å². The molecule has 2 aromatic rings. The first-order valence-electron chi connectivity index (χ1n) is 6.10. The Bertz CT molecular complexity index is 635. The number of hydrogen-bond donors (Lipinski definition) is 1. The van der Waals surface area contributed by atoms with Crippen molar-refractivity contribution in [1.29, 1.82) is 0 Å². The smallest absolute Gasteiger partial charge is 0.241 e. The summed E-state index contributed by atoms with van der Waals surface area (Å²) in [5.41, 5.74) is 9.84. The monoisotopic (exact) mass is 242 g/mol. The minimum atomic E-state index is -0.418. The summed E-state index contributed by atoms with van der Waals surface area (Å²) in [5.74, 6) is -0.418. The summed E-state index contributed by atoms with van der Waals surface area (Å²) in [5, 5.41) is 1.17. The van der Waals surface area contributed by atoms with Crippen LogP contribution in [0, 0.1) is 6.92 Å². The second kappa shape index (κ2) is 4.69. The lowest BCUT2D eigenvalue weighted by molar-refractivity contribution is -0.113. The number of nitrogens with zero attached hydrogens (tertiary/aromatic N) is 1. The third-order valence-electron chi connectivity index (χ3n) is 3.43. The lowest BCUT2D eigenvalue weighted by Gasteiger charge is -1.99. The molecule has 3 nitrogen and oxygen atoms in total. The van der Waals surface area contributed by atoms with Crippen molar-refractivity contribution in [2.24, 2.45) is 12.8 Å². The van der Waals surface area contributed by atoms with Gasteiger partial charge in [0.2, 0.25) is 5.91 Å². The molecule has 0 saturated heterocycles. The Hall–Kier alpha value is -2.03. The maximum absolute atomic E-state index is 10.9. The maximum Gasteiger partial charge on any atom is 0.241 e. The molecule has 1 aromatic carbocycles.